The van der Waals surface area contributed by atoms with Gasteiger partial charge in [-0.25, -0.2) is 8.42 Å². The maximum atomic E-state index is 13.0. The molecule has 24 heavy (non-hydrogen) atoms. The first-order valence-electron chi connectivity index (χ1n) is 8.77. The molecule has 0 aromatic carbocycles. The van der Waals surface area contributed by atoms with Crippen molar-refractivity contribution in [2.45, 2.75) is 51.1 Å². The number of sulfonamides is 1. The van der Waals surface area contributed by atoms with E-state index in [1.807, 2.05) is 6.92 Å². The first-order chi connectivity index (χ1) is 11.4. The van der Waals surface area contributed by atoms with Gasteiger partial charge < -0.3 is 5.32 Å². The van der Waals surface area contributed by atoms with Crippen LogP contribution in [0.1, 0.15) is 49.9 Å². The summed E-state index contributed by atoms with van der Waals surface area (Å²) in [4.78, 5) is 12.5. The summed E-state index contributed by atoms with van der Waals surface area (Å²) in [6, 6.07) is 0. The molecule has 1 aliphatic heterocycles. The van der Waals surface area contributed by atoms with E-state index in [1.54, 1.807) is 6.20 Å². The average molecular weight is 354 g/mol. The first-order valence-corrected chi connectivity index (χ1v) is 10.2. The molecule has 2 heterocycles. The molecule has 3 rings (SSSR count). The highest BCUT2D eigenvalue weighted by Crippen LogP contribution is 2.28. The number of nitrogens with one attached hydrogen (secondary N) is 1. The van der Waals surface area contributed by atoms with Crippen LogP contribution in [0.2, 0.25) is 0 Å². The highest BCUT2D eigenvalue weighted by atomic mass is 32.2. The van der Waals surface area contributed by atoms with Crippen LogP contribution in [0.15, 0.2) is 11.2 Å². The Balaban J connectivity index is 1.84. The molecule has 0 atom stereocenters. The third-order valence-electron chi connectivity index (χ3n) is 4.87. The molecule has 134 valence electrons. The van der Waals surface area contributed by atoms with Gasteiger partial charge in [-0.1, -0.05) is 6.92 Å². The molecule has 1 saturated carbocycles. The van der Waals surface area contributed by atoms with Crippen LogP contribution in [-0.4, -0.2) is 48.0 Å². The molecule has 0 unspecified atom stereocenters. The number of nitrogens with zero attached hydrogens (tertiary/aromatic N) is 3. The lowest BCUT2D eigenvalue weighted by atomic mass is 10.0. The van der Waals surface area contributed by atoms with Crippen LogP contribution >= 0.6 is 0 Å². The lowest BCUT2D eigenvalue weighted by molar-refractivity contribution is 0.0948. The van der Waals surface area contributed by atoms with Crippen molar-refractivity contribution >= 4 is 15.9 Å². The third kappa shape index (κ3) is 3.64. The zero-order valence-electron chi connectivity index (χ0n) is 14.4. The smallest absolute Gasteiger partial charge is 0.263 e. The van der Waals surface area contributed by atoms with Gasteiger partial charge in [0, 0.05) is 32.4 Å². The van der Waals surface area contributed by atoms with E-state index < -0.39 is 10.0 Å². The van der Waals surface area contributed by atoms with E-state index in [2.05, 4.69) is 17.3 Å². The van der Waals surface area contributed by atoms with Crippen LogP contribution in [0, 0.1) is 11.8 Å². The Kier molecular flexibility index (Phi) is 4.96. The lowest BCUT2D eigenvalue weighted by Crippen LogP contribution is -2.39. The Bertz CT molecular complexity index is 701. The van der Waals surface area contributed by atoms with Crippen LogP contribution in [0.4, 0.5) is 0 Å². The number of hydrogen-bond donors (Lipinski definition) is 1. The Morgan fingerprint density at radius 3 is 2.54 bits per heavy atom. The van der Waals surface area contributed by atoms with Crippen LogP contribution in [0.5, 0.6) is 0 Å². The lowest BCUT2D eigenvalue weighted by Gasteiger charge is -2.28. The summed E-state index contributed by atoms with van der Waals surface area (Å²) in [5.41, 5.74) is 0.163. The molecule has 1 amide bonds. The molecular weight excluding hydrogens is 328 g/mol. The normalized spacial score (nSPS) is 20.2. The predicted octanol–water partition coefficient (Wildman–Crippen LogP) is 1.46. The second-order valence-corrected chi connectivity index (χ2v) is 8.80. The van der Waals surface area contributed by atoms with Gasteiger partial charge in [0.05, 0.1) is 5.56 Å². The highest BCUT2D eigenvalue weighted by Gasteiger charge is 2.34. The van der Waals surface area contributed by atoms with E-state index in [-0.39, 0.29) is 16.5 Å². The van der Waals surface area contributed by atoms with Crippen molar-refractivity contribution in [3.05, 3.63) is 11.8 Å². The second kappa shape index (κ2) is 6.84. The Morgan fingerprint density at radius 2 is 1.96 bits per heavy atom. The topological polar surface area (TPSA) is 84.3 Å². The minimum Gasteiger partial charge on any atom is -0.352 e. The van der Waals surface area contributed by atoms with Crippen molar-refractivity contribution in [1.29, 1.82) is 0 Å². The summed E-state index contributed by atoms with van der Waals surface area (Å²) in [7, 11) is -3.73. The molecule has 8 heteroatoms. The molecule has 1 aromatic rings. The van der Waals surface area contributed by atoms with Crippen LogP contribution in [-0.2, 0) is 16.6 Å². The summed E-state index contributed by atoms with van der Waals surface area (Å²) >= 11 is 0. The Labute approximate surface area is 143 Å². The number of amides is 1. The van der Waals surface area contributed by atoms with Gasteiger partial charge in [-0.3, -0.25) is 9.48 Å². The number of carbonyl (C=O) groups excluding carboxylic acids is 1. The average Bonchev–Trinajstić information content (AvgIpc) is 3.28. The van der Waals surface area contributed by atoms with Gasteiger partial charge in [0.1, 0.15) is 0 Å². The van der Waals surface area contributed by atoms with Crippen molar-refractivity contribution in [3.63, 3.8) is 0 Å². The zero-order chi connectivity index (χ0) is 17.3. The van der Waals surface area contributed by atoms with E-state index in [0.29, 0.717) is 38.0 Å². The zero-order valence-corrected chi connectivity index (χ0v) is 15.2. The molecule has 1 N–H and O–H groups in total. The summed E-state index contributed by atoms with van der Waals surface area (Å²) < 4.78 is 28.9. The quantitative estimate of drug-likeness (QED) is 0.838. The Morgan fingerprint density at radius 1 is 1.29 bits per heavy atom. The van der Waals surface area contributed by atoms with Gasteiger partial charge in [-0.15, -0.1) is 0 Å². The molecule has 1 aromatic heterocycles. The van der Waals surface area contributed by atoms with Crippen LogP contribution < -0.4 is 5.32 Å². The highest BCUT2D eigenvalue weighted by molar-refractivity contribution is 7.89. The van der Waals surface area contributed by atoms with Gasteiger partial charge in [-0.2, -0.15) is 9.40 Å². The minimum absolute atomic E-state index is 0.104. The van der Waals surface area contributed by atoms with Crippen molar-refractivity contribution in [2.24, 2.45) is 11.8 Å². The van der Waals surface area contributed by atoms with Gasteiger partial charge in [-0.05, 0) is 44.4 Å². The first kappa shape index (κ1) is 17.4. The standard InChI is InChI=1S/C16H26N4O3S/c1-3-19-11-14(15(21)17-10-13-4-5-13)16(18-19)24(22,23)20-8-6-12(2)7-9-20/h11-13H,3-10H2,1-2H3,(H,17,21). The van der Waals surface area contributed by atoms with Gasteiger partial charge in [0.15, 0.2) is 0 Å². The summed E-state index contributed by atoms with van der Waals surface area (Å²) in [6.07, 6.45) is 5.49. The fourth-order valence-corrected chi connectivity index (χ4v) is 4.48. The molecule has 1 saturated heterocycles. The largest absolute Gasteiger partial charge is 0.352 e. The predicted molar refractivity (Wildman–Crippen MR) is 90.1 cm³/mol. The van der Waals surface area contributed by atoms with E-state index in [4.69, 9.17) is 0 Å². The molecule has 1 aliphatic carbocycles. The fraction of sp³-hybridized carbons (Fsp3) is 0.750. The molecule has 0 radical (unpaired) electrons. The molecule has 7 nitrogen and oxygen atoms in total. The van der Waals surface area contributed by atoms with Gasteiger partial charge in [0.25, 0.3) is 15.9 Å². The van der Waals surface area contributed by atoms with Gasteiger partial charge in [0.2, 0.25) is 5.03 Å². The minimum atomic E-state index is -3.73. The maximum Gasteiger partial charge on any atom is 0.263 e. The van der Waals surface area contributed by atoms with Crippen molar-refractivity contribution in [3.8, 4) is 0 Å². The SMILES string of the molecule is CCn1cc(C(=O)NCC2CC2)c(S(=O)(=O)N2CCC(C)CC2)n1. The van der Waals surface area contributed by atoms with Crippen LogP contribution in [0.25, 0.3) is 0 Å². The summed E-state index contributed by atoms with van der Waals surface area (Å²) in [5.74, 6) is 0.732. The molecule has 2 fully saturated rings. The molecule has 2 aliphatic rings. The summed E-state index contributed by atoms with van der Waals surface area (Å²) in [6.45, 7) is 6.12. The van der Waals surface area contributed by atoms with E-state index in [0.717, 1.165) is 25.7 Å². The Hall–Kier alpha value is -1.41. The number of hydrogen-bond acceptors (Lipinski definition) is 4. The maximum absolute atomic E-state index is 13.0. The van der Waals surface area contributed by atoms with E-state index >= 15 is 0 Å². The van der Waals surface area contributed by atoms with E-state index in [1.165, 1.54) is 8.99 Å². The van der Waals surface area contributed by atoms with Crippen molar-refractivity contribution in [2.75, 3.05) is 19.6 Å². The van der Waals surface area contributed by atoms with Crippen molar-refractivity contribution < 1.29 is 13.2 Å². The number of aromatic nitrogens is 2. The second-order valence-electron chi connectivity index (χ2n) is 6.94. The molecular formula is C16H26N4O3S. The van der Waals surface area contributed by atoms with Crippen molar-refractivity contribution in [1.82, 2.24) is 19.4 Å². The van der Waals surface area contributed by atoms with Gasteiger partial charge >= 0.3 is 0 Å². The van der Waals surface area contributed by atoms with E-state index in [9.17, 15) is 13.2 Å². The number of piperidine rings is 1. The third-order valence-corrected chi connectivity index (χ3v) is 6.71. The molecule has 0 bridgehead atoms. The van der Waals surface area contributed by atoms with Crippen LogP contribution in [0.3, 0.4) is 0 Å². The number of carbonyl (C=O) groups is 1. The molecule has 0 spiro atoms. The monoisotopic (exact) mass is 354 g/mol. The number of rotatable bonds is 6. The number of aryl methyl sites for hydroxylation is 1. The fourth-order valence-electron chi connectivity index (χ4n) is 2.91. The summed E-state index contributed by atoms with van der Waals surface area (Å²) in [5, 5.41) is 6.93.